The maximum atomic E-state index is 13.2. The van der Waals surface area contributed by atoms with Crippen LogP contribution in [-0.4, -0.2) is 24.1 Å². The lowest BCUT2D eigenvalue weighted by atomic mass is 10.1. The second-order valence-corrected chi connectivity index (χ2v) is 6.13. The van der Waals surface area contributed by atoms with Crippen LogP contribution >= 0.6 is 12.4 Å². The zero-order chi connectivity index (χ0) is 18.7. The van der Waals surface area contributed by atoms with Gasteiger partial charge in [-0.2, -0.15) is 18.4 Å². The Morgan fingerprint density at radius 3 is 2.67 bits per heavy atom. The molecule has 0 amide bonds. The van der Waals surface area contributed by atoms with Gasteiger partial charge < -0.3 is 10.2 Å². The van der Waals surface area contributed by atoms with Gasteiger partial charge in [0.25, 0.3) is 0 Å². The Bertz CT molecular complexity index is 818. The number of anilines is 1. The Kier molecular flexibility index (Phi) is 6.63. The van der Waals surface area contributed by atoms with Crippen LogP contribution in [0.15, 0.2) is 36.5 Å². The molecule has 0 saturated carbocycles. The first-order valence-corrected chi connectivity index (χ1v) is 8.07. The van der Waals surface area contributed by atoms with Crippen LogP contribution in [0.1, 0.15) is 23.1 Å². The van der Waals surface area contributed by atoms with Crippen LogP contribution in [0.25, 0.3) is 0 Å². The monoisotopic (exact) mass is 400 g/mol. The second-order valence-electron chi connectivity index (χ2n) is 6.13. The molecule has 1 fully saturated rings. The van der Waals surface area contributed by atoms with Gasteiger partial charge >= 0.3 is 6.18 Å². The Balaban J connectivity index is 0.00000261. The smallest absolute Gasteiger partial charge is 0.355 e. The zero-order valence-electron chi connectivity index (χ0n) is 14.1. The van der Waals surface area contributed by atoms with Gasteiger partial charge in [0.2, 0.25) is 0 Å². The highest BCUT2D eigenvalue weighted by molar-refractivity contribution is 5.85. The predicted molar refractivity (Wildman–Crippen MR) is 95.1 cm³/mol. The van der Waals surface area contributed by atoms with Crippen molar-refractivity contribution in [3.05, 3.63) is 59.0 Å². The Labute approximate surface area is 160 Å². The molecular weight excluding hydrogens is 384 g/mol. The van der Waals surface area contributed by atoms with E-state index >= 15 is 0 Å². The summed E-state index contributed by atoms with van der Waals surface area (Å²) in [4.78, 5) is 6.23. The molecule has 144 valence electrons. The van der Waals surface area contributed by atoms with Crippen molar-refractivity contribution >= 4 is 18.2 Å². The van der Waals surface area contributed by atoms with Crippen LogP contribution in [0.5, 0.6) is 0 Å². The van der Waals surface area contributed by atoms with E-state index in [2.05, 4.69) is 10.3 Å². The summed E-state index contributed by atoms with van der Waals surface area (Å²) in [5.74, 6) is -0.175. The summed E-state index contributed by atoms with van der Waals surface area (Å²) in [5.41, 5.74) is -0.457. The van der Waals surface area contributed by atoms with Crippen molar-refractivity contribution in [2.75, 3.05) is 18.0 Å². The maximum Gasteiger partial charge on any atom is 0.416 e. The van der Waals surface area contributed by atoms with E-state index in [9.17, 15) is 17.6 Å². The van der Waals surface area contributed by atoms with Crippen molar-refractivity contribution in [1.82, 2.24) is 10.3 Å². The quantitative estimate of drug-likeness (QED) is 0.791. The van der Waals surface area contributed by atoms with E-state index in [1.165, 1.54) is 12.3 Å². The van der Waals surface area contributed by atoms with Crippen molar-refractivity contribution in [3.63, 3.8) is 0 Å². The third-order valence-corrected chi connectivity index (χ3v) is 4.35. The SMILES string of the molecule is Cl.N#Cc1ccc(N2CCC(NCc3ccc(F)cc3C(F)(F)F)C2)nc1. The molecule has 1 unspecified atom stereocenters. The third-order valence-electron chi connectivity index (χ3n) is 4.35. The molecule has 0 spiro atoms. The van der Waals surface area contributed by atoms with E-state index in [0.29, 0.717) is 24.7 Å². The number of rotatable bonds is 4. The van der Waals surface area contributed by atoms with Crippen LogP contribution < -0.4 is 10.2 Å². The summed E-state index contributed by atoms with van der Waals surface area (Å²) in [5, 5.41) is 11.9. The van der Waals surface area contributed by atoms with Gasteiger partial charge in [-0.05, 0) is 36.2 Å². The normalized spacial score (nSPS) is 16.7. The standard InChI is InChI=1S/C18H16F4N4.ClH/c19-14-3-2-13(16(7-14)18(20,21)22)10-24-15-5-6-26(11-15)17-4-1-12(8-23)9-25-17;/h1-4,7,9,15,24H,5-6,10-11H2;1H. The molecule has 1 aromatic carbocycles. The lowest BCUT2D eigenvalue weighted by molar-refractivity contribution is -0.138. The fraction of sp³-hybridized carbons (Fsp3) is 0.333. The molecule has 3 rings (SSSR count). The van der Waals surface area contributed by atoms with Gasteiger partial charge in [0.15, 0.2) is 0 Å². The number of hydrogen-bond acceptors (Lipinski definition) is 4. The average molecular weight is 401 g/mol. The first-order chi connectivity index (χ1) is 12.4. The summed E-state index contributed by atoms with van der Waals surface area (Å²) in [6.45, 7) is 1.32. The average Bonchev–Trinajstić information content (AvgIpc) is 3.09. The van der Waals surface area contributed by atoms with Gasteiger partial charge in [0, 0.05) is 31.9 Å². The molecule has 1 aromatic heterocycles. The van der Waals surface area contributed by atoms with Crippen molar-refractivity contribution < 1.29 is 17.6 Å². The fourth-order valence-corrected chi connectivity index (χ4v) is 3.00. The van der Waals surface area contributed by atoms with Gasteiger partial charge in [-0.3, -0.25) is 0 Å². The highest BCUT2D eigenvalue weighted by Gasteiger charge is 2.34. The lowest BCUT2D eigenvalue weighted by Crippen LogP contribution is -2.33. The number of halogens is 5. The molecule has 1 N–H and O–H groups in total. The molecule has 1 aliphatic heterocycles. The van der Waals surface area contributed by atoms with Gasteiger partial charge in [-0.25, -0.2) is 9.37 Å². The molecule has 1 saturated heterocycles. The minimum absolute atomic E-state index is 0. The number of nitriles is 1. The second kappa shape index (κ2) is 8.55. The molecule has 9 heteroatoms. The van der Waals surface area contributed by atoms with Crippen molar-refractivity contribution in [2.24, 2.45) is 0 Å². The van der Waals surface area contributed by atoms with Crippen LogP contribution in [0.4, 0.5) is 23.4 Å². The largest absolute Gasteiger partial charge is 0.416 e. The van der Waals surface area contributed by atoms with E-state index in [1.54, 1.807) is 12.1 Å². The van der Waals surface area contributed by atoms with Gasteiger partial charge in [0.1, 0.15) is 17.7 Å². The highest BCUT2D eigenvalue weighted by Crippen LogP contribution is 2.32. The van der Waals surface area contributed by atoms with E-state index in [1.807, 2.05) is 11.0 Å². The van der Waals surface area contributed by atoms with Crippen molar-refractivity contribution in [1.29, 1.82) is 5.26 Å². The van der Waals surface area contributed by atoms with Gasteiger partial charge in [-0.15, -0.1) is 12.4 Å². The van der Waals surface area contributed by atoms with E-state index in [4.69, 9.17) is 5.26 Å². The molecule has 1 aliphatic rings. The van der Waals surface area contributed by atoms with Crippen LogP contribution in [0, 0.1) is 17.1 Å². The molecule has 0 aliphatic carbocycles. The number of alkyl halides is 3. The first-order valence-electron chi connectivity index (χ1n) is 8.07. The number of pyridine rings is 1. The maximum absolute atomic E-state index is 13.2. The molecule has 27 heavy (non-hydrogen) atoms. The highest BCUT2D eigenvalue weighted by atomic mass is 35.5. The Morgan fingerprint density at radius 2 is 2.04 bits per heavy atom. The molecule has 0 radical (unpaired) electrons. The molecule has 2 heterocycles. The lowest BCUT2D eigenvalue weighted by Gasteiger charge is -2.19. The zero-order valence-corrected chi connectivity index (χ0v) is 14.9. The Morgan fingerprint density at radius 1 is 1.26 bits per heavy atom. The molecular formula is C18H17ClF4N4. The van der Waals surface area contributed by atoms with E-state index < -0.39 is 17.6 Å². The summed E-state index contributed by atoms with van der Waals surface area (Å²) >= 11 is 0. The number of aromatic nitrogens is 1. The summed E-state index contributed by atoms with van der Waals surface area (Å²) in [6.07, 6.45) is -2.35. The van der Waals surface area contributed by atoms with Gasteiger partial charge in [0.05, 0.1) is 11.1 Å². The molecule has 1 atom stereocenters. The van der Waals surface area contributed by atoms with Crippen LogP contribution in [0.3, 0.4) is 0 Å². The predicted octanol–water partition coefficient (Wildman–Crippen LogP) is 3.90. The molecule has 2 aromatic rings. The third kappa shape index (κ3) is 5.08. The minimum Gasteiger partial charge on any atom is -0.355 e. The molecule has 4 nitrogen and oxygen atoms in total. The fourth-order valence-electron chi connectivity index (χ4n) is 3.00. The number of hydrogen-bond donors (Lipinski definition) is 1. The topological polar surface area (TPSA) is 52.0 Å². The minimum atomic E-state index is -4.59. The Hall–Kier alpha value is -2.37. The van der Waals surface area contributed by atoms with E-state index in [0.717, 1.165) is 18.3 Å². The van der Waals surface area contributed by atoms with Crippen LogP contribution in [-0.2, 0) is 12.7 Å². The summed E-state index contributed by atoms with van der Waals surface area (Å²) in [6, 6.07) is 8.16. The number of nitrogens with zero attached hydrogens (tertiary/aromatic N) is 3. The van der Waals surface area contributed by atoms with Crippen molar-refractivity contribution in [2.45, 2.75) is 25.2 Å². The number of nitrogens with one attached hydrogen (secondary N) is 1. The first kappa shape index (κ1) is 20.9. The van der Waals surface area contributed by atoms with Crippen molar-refractivity contribution in [3.8, 4) is 6.07 Å². The van der Waals surface area contributed by atoms with E-state index in [-0.39, 0.29) is 30.6 Å². The van der Waals surface area contributed by atoms with Gasteiger partial charge in [-0.1, -0.05) is 6.07 Å². The molecule has 0 bridgehead atoms. The number of benzene rings is 1. The summed E-state index contributed by atoms with van der Waals surface area (Å²) < 4.78 is 52.3. The summed E-state index contributed by atoms with van der Waals surface area (Å²) in [7, 11) is 0. The van der Waals surface area contributed by atoms with Crippen LogP contribution in [0.2, 0.25) is 0 Å².